The highest BCUT2D eigenvalue weighted by Crippen LogP contribution is 1.99. The summed E-state index contributed by atoms with van der Waals surface area (Å²) in [5.74, 6) is 0. The largest absolute Gasteiger partial charge is 0.378 e. The lowest BCUT2D eigenvalue weighted by Crippen LogP contribution is -2.41. The molecular weight excluding hydrogens is 408 g/mol. The normalized spacial score (nSPS) is 10.1. The van der Waals surface area contributed by atoms with Crippen molar-refractivity contribution in [1.82, 2.24) is 20.5 Å². The van der Waals surface area contributed by atoms with Crippen LogP contribution in [0.1, 0.15) is 26.5 Å². The van der Waals surface area contributed by atoms with Gasteiger partial charge in [-0.1, -0.05) is 26.0 Å². The number of nitrogens with zero attached hydrogens (tertiary/aromatic N) is 3. The first-order valence-corrected chi connectivity index (χ1v) is 11.1. The van der Waals surface area contributed by atoms with Crippen LogP contribution in [0.2, 0.25) is 0 Å². The molecule has 2 amide bonds. The van der Waals surface area contributed by atoms with Gasteiger partial charge >= 0.3 is 6.03 Å². The molecule has 0 aliphatic carbocycles. The van der Waals surface area contributed by atoms with Crippen LogP contribution in [0.15, 0.2) is 42.0 Å². The van der Waals surface area contributed by atoms with E-state index in [2.05, 4.69) is 32.1 Å². The predicted molar refractivity (Wildman–Crippen MR) is 133 cm³/mol. The first-order valence-electron chi connectivity index (χ1n) is 11.1. The molecule has 1 aromatic rings. The van der Waals surface area contributed by atoms with Crippen molar-refractivity contribution in [2.45, 2.75) is 27.3 Å². The fourth-order valence-electron chi connectivity index (χ4n) is 2.18. The van der Waals surface area contributed by atoms with E-state index in [0.29, 0.717) is 65.7 Å². The molecule has 0 saturated heterocycles. The second kappa shape index (κ2) is 26.7. The van der Waals surface area contributed by atoms with E-state index in [0.717, 1.165) is 5.69 Å². The summed E-state index contributed by atoms with van der Waals surface area (Å²) in [7, 11) is 1.75. The van der Waals surface area contributed by atoms with Crippen molar-refractivity contribution < 1.29 is 14.3 Å². The number of aromatic nitrogens is 1. The number of pyridine rings is 1. The van der Waals surface area contributed by atoms with E-state index in [1.165, 1.54) is 0 Å². The fourth-order valence-corrected chi connectivity index (χ4v) is 2.18. The molecule has 0 bridgehead atoms. The van der Waals surface area contributed by atoms with Gasteiger partial charge in [-0.3, -0.25) is 14.9 Å². The molecule has 1 aromatic heterocycles. The van der Waals surface area contributed by atoms with Crippen LogP contribution in [0.4, 0.5) is 4.79 Å². The first-order chi connectivity index (χ1) is 15.7. The first kappa shape index (κ1) is 31.9. The third kappa shape index (κ3) is 22.4. The van der Waals surface area contributed by atoms with Gasteiger partial charge in [-0.25, -0.2) is 4.79 Å². The third-order valence-corrected chi connectivity index (χ3v) is 3.51. The zero-order chi connectivity index (χ0) is 24.3. The summed E-state index contributed by atoms with van der Waals surface area (Å²) in [4.78, 5) is 22.3. The summed E-state index contributed by atoms with van der Waals surface area (Å²) in [6, 6.07) is 5.63. The van der Waals surface area contributed by atoms with Crippen molar-refractivity contribution in [2.75, 3.05) is 66.2 Å². The van der Waals surface area contributed by atoms with Crippen molar-refractivity contribution >= 4 is 12.2 Å². The molecular formula is C23H44N6O3. The number of allylic oxidation sites excluding steroid dienone is 1. The minimum Gasteiger partial charge on any atom is -0.378 e. The average molecular weight is 453 g/mol. The van der Waals surface area contributed by atoms with E-state index in [1.807, 2.05) is 45.2 Å². The predicted octanol–water partition coefficient (Wildman–Crippen LogP) is 2.09. The summed E-state index contributed by atoms with van der Waals surface area (Å²) in [5, 5.41) is 5.60. The van der Waals surface area contributed by atoms with Crippen molar-refractivity contribution in [1.29, 1.82) is 0 Å². The third-order valence-electron chi connectivity index (χ3n) is 3.51. The zero-order valence-corrected chi connectivity index (χ0v) is 20.4. The zero-order valence-electron chi connectivity index (χ0n) is 20.4. The van der Waals surface area contributed by atoms with Gasteiger partial charge in [-0.2, -0.15) is 0 Å². The SMILES string of the molecule is C=CC.CC.CN=CCN(CCNC(=O)NCCOCCOCCN)Cc1ccccn1. The Kier molecular flexibility index (Phi) is 26.6. The van der Waals surface area contributed by atoms with Crippen molar-refractivity contribution in [3.8, 4) is 0 Å². The number of aliphatic imine (C=N–C) groups is 1. The van der Waals surface area contributed by atoms with E-state index in [1.54, 1.807) is 19.3 Å². The van der Waals surface area contributed by atoms with Crippen LogP contribution >= 0.6 is 0 Å². The molecule has 1 heterocycles. The van der Waals surface area contributed by atoms with Crippen LogP contribution in [0, 0.1) is 0 Å². The summed E-state index contributed by atoms with van der Waals surface area (Å²) < 4.78 is 10.5. The number of hydrogen-bond acceptors (Lipinski definition) is 7. The number of nitrogens with one attached hydrogen (secondary N) is 2. The number of nitrogens with two attached hydrogens (primary N) is 1. The highest BCUT2D eigenvalue weighted by atomic mass is 16.5. The fraction of sp³-hybridized carbons (Fsp3) is 0.609. The summed E-state index contributed by atoms with van der Waals surface area (Å²) >= 11 is 0. The maximum atomic E-state index is 11.8. The van der Waals surface area contributed by atoms with Gasteiger partial charge in [0.05, 0.1) is 32.1 Å². The highest BCUT2D eigenvalue weighted by molar-refractivity contribution is 5.73. The molecule has 9 nitrogen and oxygen atoms in total. The maximum absolute atomic E-state index is 11.8. The number of carbonyl (C=O) groups is 1. The Morgan fingerprint density at radius 1 is 1.19 bits per heavy atom. The van der Waals surface area contributed by atoms with E-state index in [-0.39, 0.29) is 6.03 Å². The van der Waals surface area contributed by atoms with E-state index in [4.69, 9.17) is 15.2 Å². The number of rotatable bonds is 15. The van der Waals surface area contributed by atoms with Crippen LogP contribution in [0.5, 0.6) is 0 Å². The number of urea groups is 1. The number of amides is 2. The number of carbonyl (C=O) groups excluding carboxylic acids is 1. The molecule has 0 radical (unpaired) electrons. The van der Waals surface area contributed by atoms with Gasteiger partial charge < -0.3 is 25.8 Å². The Balaban J connectivity index is 0. The Hall–Kier alpha value is -2.33. The molecule has 0 saturated carbocycles. The molecule has 184 valence electrons. The second-order valence-electron chi connectivity index (χ2n) is 6.10. The van der Waals surface area contributed by atoms with Gasteiger partial charge in [0.25, 0.3) is 0 Å². The molecule has 0 atom stereocenters. The molecule has 0 spiro atoms. The van der Waals surface area contributed by atoms with Crippen LogP contribution < -0.4 is 16.4 Å². The van der Waals surface area contributed by atoms with Gasteiger partial charge in [0.1, 0.15) is 0 Å². The summed E-state index contributed by atoms with van der Waals surface area (Å²) in [5.41, 5.74) is 6.30. The van der Waals surface area contributed by atoms with Crippen molar-refractivity contribution in [3.63, 3.8) is 0 Å². The summed E-state index contributed by atoms with van der Waals surface area (Å²) in [6.45, 7) is 14.8. The lowest BCUT2D eigenvalue weighted by atomic mass is 10.3. The van der Waals surface area contributed by atoms with Gasteiger partial charge in [0.2, 0.25) is 0 Å². The van der Waals surface area contributed by atoms with Crippen molar-refractivity contribution in [2.24, 2.45) is 10.7 Å². The monoisotopic (exact) mass is 452 g/mol. The van der Waals surface area contributed by atoms with Crippen LogP contribution in [0.25, 0.3) is 0 Å². The van der Waals surface area contributed by atoms with Gasteiger partial charge in [-0.05, 0) is 19.1 Å². The quantitative estimate of drug-likeness (QED) is 0.213. The smallest absolute Gasteiger partial charge is 0.314 e. The van der Waals surface area contributed by atoms with Gasteiger partial charge in [-0.15, -0.1) is 6.58 Å². The standard InChI is InChI=1S/C18H32N6O3.C3H6.C2H6/c1-20-7-10-24(16-17-4-2-3-6-21-17)11-8-22-18(25)23-9-13-27-15-14-26-12-5-19;1-3-2;1-2/h2-4,6-7H,5,8-16,19H2,1H3,(H2,22,23,25);3H,1H2,2H3;1-2H3. The van der Waals surface area contributed by atoms with Gasteiger partial charge in [0, 0.05) is 58.7 Å². The number of ether oxygens (including phenoxy) is 2. The topological polar surface area (TPSA) is 114 Å². The molecule has 1 rings (SSSR count). The minimum atomic E-state index is -0.208. The highest BCUT2D eigenvalue weighted by Gasteiger charge is 2.06. The maximum Gasteiger partial charge on any atom is 0.314 e. The minimum absolute atomic E-state index is 0.208. The van der Waals surface area contributed by atoms with Crippen LogP contribution in [-0.4, -0.2) is 88.3 Å². The molecule has 0 aliphatic rings. The van der Waals surface area contributed by atoms with E-state index < -0.39 is 0 Å². The van der Waals surface area contributed by atoms with Crippen LogP contribution in [-0.2, 0) is 16.0 Å². The molecule has 0 fully saturated rings. The Labute approximate surface area is 194 Å². The lowest BCUT2D eigenvalue weighted by molar-refractivity contribution is 0.0524. The van der Waals surface area contributed by atoms with Gasteiger partial charge in [0.15, 0.2) is 0 Å². The summed E-state index contributed by atoms with van der Waals surface area (Å²) in [6.07, 6.45) is 5.37. The Morgan fingerprint density at radius 3 is 2.44 bits per heavy atom. The van der Waals surface area contributed by atoms with E-state index >= 15 is 0 Å². The molecule has 0 aromatic carbocycles. The second-order valence-corrected chi connectivity index (χ2v) is 6.10. The molecule has 32 heavy (non-hydrogen) atoms. The Bertz CT molecular complexity index is 558. The Morgan fingerprint density at radius 2 is 1.84 bits per heavy atom. The van der Waals surface area contributed by atoms with Crippen molar-refractivity contribution in [3.05, 3.63) is 42.7 Å². The molecule has 0 unspecified atom stereocenters. The molecule has 4 N–H and O–H groups in total. The lowest BCUT2D eigenvalue weighted by Gasteiger charge is -2.20. The van der Waals surface area contributed by atoms with E-state index in [9.17, 15) is 4.79 Å². The molecule has 0 aliphatic heterocycles. The number of hydrogen-bond donors (Lipinski definition) is 3. The average Bonchev–Trinajstić information content (AvgIpc) is 2.81. The molecule has 9 heteroatoms. The van der Waals surface area contributed by atoms with Crippen LogP contribution in [0.3, 0.4) is 0 Å².